The lowest BCUT2D eigenvalue weighted by molar-refractivity contribution is 0.414. The average Bonchev–Trinajstić information content (AvgIpc) is 3.03. The molecule has 0 atom stereocenters. The molecule has 7 nitrogen and oxygen atoms in total. The minimum Gasteiger partial charge on any atom is -0.497 e. The molecule has 0 N–H and O–H groups in total. The number of aromatic nitrogens is 4. The number of rotatable bonds is 4. The first-order chi connectivity index (χ1) is 11.6. The summed E-state index contributed by atoms with van der Waals surface area (Å²) in [4.78, 5) is 12.4. The van der Waals surface area contributed by atoms with Gasteiger partial charge in [-0.15, -0.1) is 0 Å². The van der Waals surface area contributed by atoms with Crippen molar-refractivity contribution in [2.24, 2.45) is 7.05 Å². The van der Waals surface area contributed by atoms with E-state index in [1.54, 1.807) is 31.1 Å². The largest absolute Gasteiger partial charge is 0.497 e. The summed E-state index contributed by atoms with van der Waals surface area (Å²) in [6.07, 6.45) is 1.61. The fraction of sp³-hybridized carbons (Fsp3) is 0.176. The van der Waals surface area contributed by atoms with Crippen molar-refractivity contribution in [2.45, 2.75) is 6.54 Å². The van der Waals surface area contributed by atoms with Crippen molar-refractivity contribution in [2.75, 3.05) is 7.11 Å². The quantitative estimate of drug-likeness (QED) is 0.728. The highest BCUT2D eigenvalue weighted by molar-refractivity contribution is 5.64. The van der Waals surface area contributed by atoms with Crippen molar-refractivity contribution in [3.05, 3.63) is 64.2 Å². The number of nitrogens with zero attached hydrogens (tertiary/aromatic N) is 5. The van der Waals surface area contributed by atoms with E-state index in [1.165, 1.54) is 10.7 Å². The van der Waals surface area contributed by atoms with Crippen LogP contribution in [0.25, 0.3) is 11.3 Å². The third-order valence-corrected chi connectivity index (χ3v) is 3.69. The Bertz CT molecular complexity index is 964. The first kappa shape index (κ1) is 15.5. The molecule has 120 valence electrons. The van der Waals surface area contributed by atoms with E-state index in [0.29, 0.717) is 11.3 Å². The van der Waals surface area contributed by atoms with Crippen LogP contribution in [0.1, 0.15) is 11.3 Å². The fourth-order valence-electron chi connectivity index (χ4n) is 2.42. The van der Waals surface area contributed by atoms with Crippen molar-refractivity contribution < 1.29 is 4.74 Å². The highest BCUT2D eigenvalue weighted by Crippen LogP contribution is 2.19. The van der Waals surface area contributed by atoms with Gasteiger partial charge in [0.1, 0.15) is 11.8 Å². The van der Waals surface area contributed by atoms with E-state index in [0.717, 1.165) is 11.3 Å². The Hall–Kier alpha value is -3.40. The van der Waals surface area contributed by atoms with Gasteiger partial charge >= 0.3 is 0 Å². The molecule has 0 aliphatic heterocycles. The molecule has 0 saturated carbocycles. The highest BCUT2D eigenvalue weighted by Gasteiger charge is 2.13. The van der Waals surface area contributed by atoms with Gasteiger partial charge in [-0.25, -0.2) is 4.68 Å². The maximum absolute atomic E-state index is 12.4. The molecule has 24 heavy (non-hydrogen) atoms. The van der Waals surface area contributed by atoms with Gasteiger partial charge in [-0.2, -0.15) is 15.5 Å². The van der Waals surface area contributed by atoms with Crippen LogP contribution in [0.15, 0.2) is 47.4 Å². The standard InChI is InChI=1S/C17H15N5O2/c1-21-16(7-8-19-21)14-9-17(23)22(20-15(14)10-18)11-12-3-5-13(24-2)6-4-12/h3-9H,11H2,1-2H3. The Morgan fingerprint density at radius 3 is 2.58 bits per heavy atom. The smallest absolute Gasteiger partial charge is 0.267 e. The van der Waals surface area contributed by atoms with Gasteiger partial charge in [-0.1, -0.05) is 12.1 Å². The van der Waals surface area contributed by atoms with E-state index in [4.69, 9.17) is 4.74 Å². The van der Waals surface area contributed by atoms with Crippen molar-refractivity contribution in [1.82, 2.24) is 19.6 Å². The van der Waals surface area contributed by atoms with Gasteiger partial charge in [0.25, 0.3) is 5.56 Å². The van der Waals surface area contributed by atoms with Crippen LogP contribution in [-0.2, 0) is 13.6 Å². The molecule has 0 radical (unpaired) electrons. The predicted octanol–water partition coefficient (Wildman–Crippen LogP) is 1.57. The summed E-state index contributed by atoms with van der Waals surface area (Å²) in [5.41, 5.74) is 1.96. The van der Waals surface area contributed by atoms with Gasteiger partial charge in [0.05, 0.1) is 19.3 Å². The summed E-state index contributed by atoms with van der Waals surface area (Å²) in [6.45, 7) is 0.281. The predicted molar refractivity (Wildman–Crippen MR) is 87.5 cm³/mol. The molecule has 0 unspecified atom stereocenters. The Morgan fingerprint density at radius 1 is 1.25 bits per heavy atom. The van der Waals surface area contributed by atoms with E-state index in [2.05, 4.69) is 16.3 Å². The number of aryl methyl sites for hydroxylation is 1. The van der Waals surface area contributed by atoms with Crippen LogP contribution >= 0.6 is 0 Å². The number of benzene rings is 1. The zero-order chi connectivity index (χ0) is 17.1. The monoisotopic (exact) mass is 321 g/mol. The number of ether oxygens (including phenoxy) is 1. The van der Waals surface area contributed by atoms with Gasteiger partial charge in [-0.3, -0.25) is 9.48 Å². The van der Waals surface area contributed by atoms with Crippen LogP contribution in [0.3, 0.4) is 0 Å². The summed E-state index contributed by atoms with van der Waals surface area (Å²) in [6, 6.07) is 12.6. The van der Waals surface area contributed by atoms with E-state index in [9.17, 15) is 10.1 Å². The minimum absolute atomic E-state index is 0.187. The molecule has 2 aromatic heterocycles. The van der Waals surface area contributed by atoms with Crippen molar-refractivity contribution in [1.29, 1.82) is 5.26 Å². The molecule has 0 saturated heterocycles. The van der Waals surface area contributed by atoms with Crippen LogP contribution in [0.2, 0.25) is 0 Å². The summed E-state index contributed by atoms with van der Waals surface area (Å²) in [5, 5.41) is 17.6. The van der Waals surface area contributed by atoms with Gasteiger partial charge in [0.2, 0.25) is 0 Å². The SMILES string of the molecule is COc1ccc(Cn2nc(C#N)c(-c3ccnn3C)cc2=O)cc1. The second kappa shape index (κ2) is 6.38. The Balaban J connectivity index is 1.99. The highest BCUT2D eigenvalue weighted by atomic mass is 16.5. The third-order valence-electron chi connectivity index (χ3n) is 3.69. The molecule has 3 rings (SSSR count). The lowest BCUT2D eigenvalue weighted by Crippen LogP contribution is -2.24. The molecule has 0 fully saturated rings. The second-order valence-corrected chi connectivity index (χ2v) is 5.20. The fourth-order valence-corrected chi connectivity index (χ4v) is 2.42. The molecule has 2 heterocycles. The molecule has 0 spiro atoms. The van der Waals surface area contributed by atoms with E-state index in [-0.39, 0.29) is 17.8 Å². The van der Waals surface area contributed by atoms with Crippen LogP contribution in [-0.4, -0.2) is 26.7 Å². The molecular weight excluding hydrogens is 306 g/mol. The van der Waals surface area contributed by atoms with Gasteiger partial charge in [0.15, 0.2) is 5.69 Å². The summed E-state index contributed by atoms with van der Waals surface area (Å²) in [5.74, 6) is 0.739. The Labute approximate surface area is 138 Å². The van der Waals surface area contributed by atoms with Crippen molar-refractivity contribution in [3.8, 4) is 23.1 Å². The molecule has 7 heteroatoms. The van der Waals surface area contributed by atoms with Crippen LogP contribution in [0.5, 0.6) is 5.75 Å². The first-order valence-electron chi connectivity index (χ1n) is 7.26. The summed E-state index contributed by atoms with van der Waals surface area (Å²) < 4.78 is 7.99. The lowest BCUT2D eigenvalue weighted by atomic mass is 10.1. The normalized spacial score (nSPS) is 10.4. The zero-order valence-corrected chi connectivity index (χ0v) is 13.3. The van der Waals surface area contributed by atoms with Crippen LogP contribution in [0.4, 0.5) is 0 Å². The molecule has 0 amide bonds. The first-order valence-corrected chi connectivity index (χ1v) is 7.26. The number of hydrogen-bond donors (Lipinski definition) is 0. The third kappa shape index (κ3) is 2.90. The molecule has 0 aliphatic rings. The lowest BCUT2D eigenvalue weighted by Gasteiger charge is -2.09. The Kier molecular flexibility index (Phi) is 4.12. The van der Waals surface area contributed by atoms with Crippen molar-refractivity contribution in [3.63, 3.8) is 0 Å². The van der Waals surface area contributed by atoms with Crippen LogP contribution < -0.4 is 10.3 Å². The van der Waals surface area contributed by atoms with Gasteiger partial charge in [-0.05, 0) is 23.8 Å². The summed E-state index contributed by atoms with van der Waals surface area (Å²) >= 11 is 0. The molecule has 0 aliphatic carbocycles. The zero-order valence-electron chi connectivity index (χ0n) is 13.3. The maximum Gasteiger partial charge on any atom is 0.267 e. The van der Waals surface area contributed by atoms with Crippen molar-refractivity contribution >= 4 is 0 Å². The summed E-state index contributed by atoms with van der Waals surface area (Å²) in [7, 11) is 3.34. The topological polar surface area (TPSA) is 85.7 Å². The molecule has 3 aromatic rings. The molecule has 0 bridgehead atoms. The van der Waals surface area contributed by atoms with Crippen LogP contribution in [0, 0.1) is 11.3 Å². The number of methoxy groups -OCH3 is 1. The van der Waals surface area contributed by atoms with E-state index >= 15 is 0 Å². The van der Waals surface area contributed by atoms with E-state index < -0.39 is 0 Å². The average molecular weight is 321 g/mol. The molecular formula is C17H15N5O2. The molecule has 1 aromatic carbocycles. The number of hydrogen-bond acceptors (Lipinski definition) is 5. The van der Waals surface area contributed by atoms with E-state index in [1.807, 2.05) is 24.3 Å². The number of nitriles is 1. The van der Waals surface area contributed by atoms with Gasteiger partial charge in [0, 0.05) is 24.9 Å². The van der Waals surface area contributed by atoms with Gasteiger partial charge < -0.3 is 4.74 Å². The second-order valence-electron chi connectivity index (χ2n) is 5.20. The maximum atomic E-state index is 12.4. The Morgan fingerprint density at radius 2 is 2.00 bits per heavy atom. The minimum atomic E-state index is -0.277.